The van der Waals surface area contributed by atoms with Crippen LogP contribution in [0.3, 0.4) is 0 Å². The highest BCUT2D eigenvalue weighted by Gasteiger charge is 2.11. The molecular formula is C27H43BrN2. The van der Waals surface area contributed by atoms with Crippen molar-refractivity contribution < 1.29 is 0 Å². The van der Waals surface area contributed by atoms with Gasteiger partial charge in [-0.2, -0.15) is 0 Å². The number of nitrogens with zero attached hydrogens (tertiary/aromatic N) is 2. The predicted octanol–water partition coefficient (Wildman–Crippen LogP) is 9.37. The summed E-state index contributed by atoms with van der Waals surface area (Å²) >= 11 is 3.64. The van der Waals surface area contributed by atoms with Gasteiger partial charge in [-0.15, -0.1) is 6.58 Å². The summed E-state index contributed by atoms with van der Waals surface area (Å²) in [5.41, 5.74) is 5.66. The Morgan fingerprint density at radius 3 is 1.97 bits per heavy atom. The lowest BCUT2D eigenvalue weighted by Gasteiger charge is -2.22. The third-order valence-electron chi connectivity index (χ3n) is 3.06. The van der Waals surface area contributed by atoms with E-state index in [2.05, 4.69) is 105 Å². The Hall–Kier alpha value is -1.87. The second-order valence-corrected chi connectivity index (χ2v) is 8.64. The number of hydrogen-bond donors (Lipinski definition) is 0. The molecule has 0 N–H and O–H groups in total. The Kier molecular flexibility index (Phi) is 18.1. The topological polar surface area (TPSA) is 16.1 Å². The minimum absolute atomic E-state index is 0.848. The summed E-state index contributed by atoms with van der Waals surface area (Å²) in [4.78, 5) is 6.74. The highest BCUT2D eigenvalue weighted by Crippen LogP contribution is 2.32. The van der Waals surface area contributed by atoms with Gasteiger partial charge in [-0.1, -0.05) is 82.0 Å². The van der Waals surface area contributed by atoms with Gasteiger partial charge < -0.3 is 4.90 Å². The molecule has 0 saturated heterocycles. The zero-order chi connectivity index (χ0) is 23.7. The molecule has 2 aromatic rings. The molecule has 1 aromatic carbocycles. The number of anilines is 1. The molecule has 0 aliphatic rings. The van der Waals surface area contributed by atoms with Crippen molar-refractivity contribution in [3.63, 3.8) is 0 Å². The van der Waals surface area contributed by atoms with Gasteiger partial charge in [0, 0.05) is 29.6 Å². The van der Waals surface area contributed by atoms with Gasteiger partial charge in [0.15, 0.2) is 0 Å². The maximum absolute atomic E-state index is 4.52. The van der Waals surface area contributed by atoms with Crippen LogP contribution in [0.15, 0.2) is 70.9 Å². The summed E-state index contributed by atoms with van der Waals surface area (Å²) < 4.78 is 1.06. The van der Waals surface area contributed by atoms with Gasteiger partial charge in [-0.25, -0.2) is 0 Å². The molecule has 168 valence electrons. The van der Waals surface area contributed by atoms with E-state index in [0.717, 1.165) is 33.2 Å². The monoisotopic (exact) mass is 474 g/mol. The van der Waals surface area contributed by atoms with Crippen molar-refractivity contribution in [3.8, 4) is 0 Å². The van der Waals surface area contributed by atoms with Crippen molar-refractivity contribution in [2.75, 3.05) is 18.5 Å². The van der Waals surface area contributed by atoms with Crippen LogP contribution < -0.4 is 4.90 Å². The van der Waals surface area contributed by atoms with Crippen LogP contribution in [0.2, 0.25) is 0 Å². The molecule has 3 heteroatoms. The van der Waals surface area contributed by atoms with Crippen molar-refractivity contribution >= 4 is 32.5 Å². The fourth-order valence-corrected chi connectivity index (χ4v) is 3.01. The molecule has 1 heterocycles. The number of halogens is 1. The first-order valence-electron chi connectivity index (χ1n) is 10.7. The van der Waals surface area contributed by atoms with Gasteiger partial charge in [0.25, 0.3) is 0 Å². The fourth-order valence-electron chi connectivity index (χ4n) is 2.39. The molecule has 0 spiro atoms. The van der Waals surface area contributed by atoms with Crippen LogP contribution in [-0.4, -0.2) is 18.6 Å². The van der Waals surface area contributed by atoms with Gasteiger partial charge in [-0.3, -0.25) is 4.98 Å². The highest BCUT2D eigenvalue weighted by molar-refractivity contribution is 9.10. The summed E-state index contributed by atoms with van der Waals surface area (Å²) in [6.45, 7) is 24.9. The van der Waals surface area contributed by atoms with E-state index in [4.69, 9.17) is 0 Å². The second-order valence-electron chi connectivity index (χ2n) is 7.79. The number of benzene rings is 1. The largest absolute Gasteiger partial charge is 0.368 e. The van der Waals surface area contributed by atoms with E-state index in [9.17, 15) is 0 Å². The summed E-state index contributed by atoms with van der Waals surface area (Å²) in [5, 5.41) is 1.15. The van der Waals surface area contributed by atoms with E-state index in [1.165, 1.54) is 24.0 Å². The Morgan fingerprint density at radius 1 is 1.00 bits per heavy atom. The zero-order valence-electron chi connectivity index (χ0n) is 20.8. The van der Waals surface area contributed by atoms with Crippen molar-refractivity contribution in [1.82, 2.24) is 4.98 Å². The summed E-state index contributed by atoms with van der Waals surface area (Å²) in [7, 11) is 2.09. The lowest BCUT2D eigenvalue weighted by molar-refractivity contribution is 0.979. The van der Waals surface area contributed by atoms with E-state index in [1.54, 1.807) is 0 Å². The van der Waals surface area contributed by atoms with Crippen LogP contribution in [0.25, 0.3) is 10.9 Å². The molecule has 30 heavy (non-hydrogen) atoms. The Morgan fingerprint density at radius 2 is 1.50 bits per heavy atom. The first-order chi connectivity index (χ1) is 14.0. The molecule has 2 rings (SSSR count). The minimum atomic E-state index is 0.848. The third kappa shape index (κ3) is 14.2. The average molecular weight is 476 g/mol. The number of aromatic nitrogens is 1. The van der Waals surface area contributed by atoms with Gasteiger partial charge in [0.05, 0.1) is 11.2 Å². The molecule has 0 atom stereocenters. The van der Waals surface area contributed by atoms with E-state index in [-0.39, 0.29) is 0 Å². The van der Waals surface area contributed by atoms with Crippen molar-refractivity contribution in [3.05, 3.63) is 70.9 Å². The van der Waals surface area contributed by atoms with Crippen molar-refractivity contribution in [2.45, 2.75) is 68.2 Å². The van der Waals surface area contributed by atoms with E-state index >= 15 is 0 Å². The first-order valence-corrected chi connectivity index (χ1v) is 11.5. The molecule has 0 saturated carbocycles. The lowest BCUT2D eigenvalue weighted by atomic mass is 10.1. The summed E-state index contributed by atoms with van der Waals surface area (Å²) in [6.07, 6.45) is 6.45. The van der Waals surface area contributed by atoms with Crippen LogP contribution in [-0.2, 0) is 0 Å². The molecule has 0 unspecified atom stereocenters. The second kappa shape index (κ2) is 17.9. The van der Waals surface area contributed by atoms with Crippen LogP contribution in [0.5, 0.6) is 0 Å². The number of hydrogen-bond acceptors (Lipinski definition) is 2. The van der Waals surface area contributed by atoms with E-state index in [0.29, 0.717) is 0 Å². The number of pyridine rings is 1. The molecule has 2 nitrogen and oxygen atoms in total. The molecule has 0 aliphatic heterocycles. The van der Waals surface area contributed by atoms with Crippen LogP contribution in [0.1, 0.15) is 68.2 Å². The SMILES string of the molecule is C=C(C)/C=C(\C)CN(C)c1c(Br)ccc2cccnc12.C=C(C)C.CCC.CCC. The van der Waals surface area contributed by atoms with Crippen molar-refractivity contribution in [1.29, 1.82) is 0 Å². The van der Waals surface area contributed by atoms with Crippen LogP contribution in [0, 0.1) is 0 Å². The normalized spacial score (nSPS) is 9.87. The third-order valence-corrected chi connectivity index (χ3v) is 3.70. The van der Waals surface area contributed by atoms with E-state index in [1.807, 2.05) is 33.0 Å². The van der Waals surface area contributed by atoms with Crippen LogP contribution in [0.4, 0.5) is 5.69 Å². The molecule has 0 radical (unpaired) electrons. The zero-order valence-corrected chi connectivity index (χ0v) is 22.4. The highest BCUT2D eigenvalue weighted by atomic mass is 79.9. The van der Waals surface area contributed by atoms with Gasteiger partial charge in [0.1, 0.15) is 0 Å². The van der Waals surface area contributed by atoms with Crippen LogP contribution >= 0.6 is 15.9 Å². The minimum Gasteiger partial charge on any atom is -0.368 e. The van der Waals surface area contributed by atoms with Gasteiger partial charge in [0.2, 0.25) is 0 Å². The van der Waals surface area contributed by atoms with Gasteiger partial charge >= 0.3 is 0 Å². The number of allylic oxidation sites excluding steroid dienone is 3. The first kappa shape index (κ1) is 30.3. The molecule has 0 fully saturated rings. The Labute approximate surface area is 194 Å². The van der Waals surface area contributed by atoms with Gasteiger partial charge in [-0.05, 0) is 55.8 Å². The Bertz CT molecular complexity index is 785. The number of rotatable bonds is 4. The maximum Gasteiger partial charge on any atom is 0.0946 e. The lowest BCUT2D eigenvalue weighted by Crippen LogP contribution is -2.20. The quantitative estimate of drug-likeness (QED) is 0.323. The van der Waals surface area contributed by atoms with Crippen molar-refractivity contribution in [2.24, 2.45) is 0 Å². The average Bonchev–Trinajstić information content (AvgIpc) is 2.61. The fraction of sp³-hybridized carbons (Fsp3) is 0.444. The number of likely N-dealkylation sites (N-methyl/N-ethyl adjacent to an activating group) is 1. The smallest absolute Gasteiger partial charge is 0.0946 e. The predicted molar refractivity (Wildman–Crippen MR) is 144 cm³/mol. The molecule has 0 amide bonds. The summed E-state index contributed by atoms with van der Waals surface area (Å²) in [6, 6.07) is 8.21. The molecular weight excluding hydrogens is 432 g/mol. The molecule has 0 bridgehead atoms. The summed E-state index contributed by atoms with van der Waals surface area (Å²) in [5.74, 6) is 0. The molecule has 1 aromatic heterocycles. The Balaban J connectivity index is 0. The molecule has 0 aliphatic carbocycles. The van der Waals surface area contributed by atoms with E-state index < -0.39 is 0 Å². The standard InChI is InChI=1S/C17H19BrN2.C4H8.2C3H8/c1-12(2)10-13(3)11-20(4)17-15(18)8-7-14-6-5-9-19-16(14)17;1-4(2)3;2*1-3-2/h5-10H,1,11H2,2-4H3;1H2,2-3H3;2*3H2,1-2H3/b13-10+;;;. The number of fused-ring (bicyclic) bond motifs is 1. The maximum atomic E-state index is 4.52.